The van der Waals surface area contributed by atoms with Crippen LogP contribution < -0.4 is 14.4 Å². The van der Waals surface area contributed by atoms with E-state index in [2.05, 4.69) is 38.8 Å². The first kappa shape index (κ1) is 21.6. The van der Waals surface area contributed by atoms with Gasteiger partial charge in [-0.15, -0.1) is 0 Å². The lowest BCUT2D eigenvalue weighted by molar-refractivity contribution is 0.246. The maximum absolute atomic E-state index is 12.9. The molecule has 1 heterocycles. The predicted molar refractivity (Wildman–Crippen MR) is 117 cm³/mol. The summed E-state index contributed by atoms with van der Waals surface area (Å²) in [6.07, 6.45) is 2.30. The summed E-state index contributed by atoms with van der Waals surface area (Å²) in [5.41, 5.74) is 3.06. The fourth-order valence-electron chi connectivity index (χ4n) is 3.80. The molecule has 1 aliphatic heterocycles. The molecule has 1 N–H and O–H groups in total. The van der Waals surface area contributed by atoms with Crippen LogP contribution in [-0.4, -0.2) is 54.2 Å². The first-order chi connectivity index (χ1) is 13.8. The number of likely N-dealkylation sites (tertiary alicyclic amines) is 1. The molecule has 0 radical (unpaired) electrons. The van der Waals surface area contributed by atoms with Crippen LogP contribution in [0, 0.1) is 6.92 Å². The fraction of sp³-hybridized carbons (Fsp3) is 0.455. The van der Waals surface area contributed by atoms with E-state index in [0.717, 1.165) is 42.7 Å². The number of anilines is 1. The molecule has 6 nitrogen and oxygen atoms in total. The Morgan fingerprint density at radius 1 is 1.10 bits per heavy atom. The Labute approximate surface area is 174 Å². The number of aryl methyl sites for hydroxylation is 1. The van der Waals surface area contributed by atoms with Gasteiger partial charge in [-0.3, -0.25) is 4.90 Å². The van der Waals surface area contributed by atoms with Crippen LogP contribution in [0.5, 0.6) is 5.75 Å². The highest BCUT2D eigenvalue weighted by molar-refractivity contribution is 7.89. The monoisotopic (exact) mass is 417 g/mol. The van der Waals surface area contributed by atoms with Crippen LogP contribution in [0.3, 0.4) is 0 Å². The van der Waals surface area contributed by atoms with Gasteiger partial charge in [0.25, 0.3) is 0 Å². The average Bonchev–Trinajstić information content (AvgIpc) is 3.23. The second-order valence-electron chi connectivity index (χ2n) is 7.73. The van der Waals surface area contributed by atoms with E-state index >= 15 is 0 Å². The van der Waals surface area contributed by atoms with Crippen molar-refractivity contribution in [3.8, 4) is 5.75 Å². The van der Waals surface area contributed by atoms with Gasteiger partial charge in [0, 0.05) is 32.4 Å². The summed E-state index contributed by atoms with van der Waals surface area (Å²) in [6, 6.07) is 13.3. The molecule has 7 heteroatoms. The van der Waals surface area contributed by atoms with Crippen LogP contribution in [0.4, 0.5) is 5.69 Å². The zero-order valence-electron chi connectivity index (χ0n) is 17.7. The van der Waals surface area contributed by atoms with E-state index in [9.17, 15) is 8.42 Å². The van der Waals surface area contributed by atoms with Gasteiger partial charge < -0.3 is 9.64 Å². The summed E-state index contributed by atoms with van der Waals surface area (Å²) in [7, 11) is 2.00. The lowest BCUT2D eigenvalue weighted by Crippen LogP contribution is -2.36. The molecule has 1 fully saturated rings. The summed E-state index contributed by atoms with van der Waals surface area (Å²) >= 11 is 0. The summed E-state index contributed by atoms with van der Waals surface area (Å²) in [5.74, 6) is 0.680. The lowest BCUT2D eigenvalue weighted by Gasteiger charge is -2.28. The SMILES string of the molecule is COc1ccc(S(=O)(=O)NC[C@@H](c2ccc(N(C)C)cc2)N2CCCC2)cc1C. The van der Waals surface area contributed by atoms with Crippen molar-refractivity contribution in [2.24, 2.45) is 0 Å². The summed E-state index contributed by atoms with van der Waals surface area (Å²) in [4.78, 5) is 4.69. The number of rotatable bonds is 8. The maximum Gasteiger partial charge on any atom is 0.240 e. The Morgan fingerprint density at radius 2 is 1.76 bits per heavy atom. The van der Waals surface area contributed by atoms with E-state index in [1.54, 1.807) is 25.3 Å². The van der Waals surface area contributed by atoms with Crippen molar-refractivity contribution < 1.29 is 13.2 Å². The normalized spacial score (nSPS) is 16.0. The minimum atomic E-state index is -3.60. The van der Waals surface area contributed by atoms with E-state index in [1.807, 2.05) is 21.0 Å². The number of hydrogen-bond acceptors (Lipinski definition) is 5. The topological polar surface area (TPSA) is 61.9 Å². The quantitative estimate of drug-likeness (QED) is 0.715. The third-order valence-corrected chi connectivity index (χ3v) is 6.94. The van der Waals surface area contributed by atoms with Crippen LogP contribution in [0.1, 0.15) is 30.0 Å². The molecule has 0 bridgehead atoms. The average molecular weight is 418 g/mol. The number of sulfonamides is 1. The smallest absolute Gasteiger partial charge is 0.240 e. The summed E-state index contributed by atoms with van der Waals surface area (Å²) in [5, 5.41) is 0. The highest BCUT2D eigenvalue weighted by Gasteiger charge is 2.26. The zero-order chi connectivity index (χ0) is 21.0. The van der Waals surface area contributed by atoms with Crippen LogP contribution in [0.15, 0.2) is 47.4 Å². The standard InChI is InChI=1S/C22H31N3O3S/c1-17-15-20(11-12-22(17)28-4)29(26,27)23-16-21(25-13-5-6-14-25)18-7-9-19(10-8-18)24(2)3/h7-12,15,21,23H,5-6,13-14,16H2,1-4H3/t21-/m0/s1. The van der Waals surface area contributed by atoms with Crippen LogP contribution in [0.2, 0.25) is 0 Å². The van der Waals surface area contributed by atoms with Crippen LogP contribution in [-0.2, 0) is 10.0 Å². The van der Waals surface area contributed by atoms with Crippen LogP contribution >= 0.6 is 0 Å². The Morgan fingerprint density at radius 3 is 2.31 bits per heavy atom. The highest BCUT2D eigenvalue weighted by Crippen LogP contribution is 2.27. The Hall–Kier alpha value is -2.09. The lowest BCUT2D eigenvalue weighted by atomic mass is 10.1. The number of nitrogens with one attached hydrogen (secondary N) is 1. The summed E-state index contributed by atoms with van der Waals surface area (Å²) in [6.45, 7) is 4.17. The predicted octanol–water partition coefficient (Wildman–Crippen LogP) is 3.19. The molecular formula is C22H31N3O3S. The summed E-state index contributed by atoms with van der Waals surface area (Å²) < 4.78 is 33.9. The van der Waals surface area contributed by atoms with Gasteiger partial charge in [0.1, 0.15) is 5.75 Å². The van der Waals surface area contributed by atoms with Gasteiger partial charge in [-0.05, 0) is 74.3 Å². The molecule has 29 heavy (non-hydrogen) atoms. The number of ether oxygens (including phenoxy) is 1. The molecule has 0 aliphatic carbocycles. The Balaban J connectivity index is 1.80. The largest absolute Gasteiger partial charge is 0.496 e. The van der Waals surface area contributed by atoms with E-state index in [4.69, 9.17) is 4.74 Å². The minimum absolute atomic E-state index is 0.0165. The third-order valence-electron chi connectivity index (χ3n) is 5.52. The Bertz CT molecular complexity index is 921. The number of hydrogen-bond donors (Lipinski definition) is 1. The van der Waals surface area contributed by atoms with Gasteiger partial charge in [0.2, 0.25) is 10.0 Å². The van der Waals surface area contributed by atoms with Crippen LogP contribution in [0.25, 0.3) is 0 Å². The highest BCUT2D eigenvalue weighted by atomic mass is 32.2. The molecule has 1 saturated heterocycles. The van der Waals surface area contributed by atoms with Gasteiger partial charge in [-0.1, -0.05) is 12.1 Å². The maximum atomic E-state index is 12.9. The Kier molecular flexibility index (Phi) is 6.82. The van der Waals surface area contributed by atoms with E-state index < -0.39 is 10.0 Å². The van der Waals surface area contributed by atoms with Gasteiger partial charge >= 0.3 is 0 Å². The fourth-order valence-corrected chi connectivity index (χ4v) is 4.92. The van der Waals surface area contributed by atoms with Crippen molar-refractivity contribution in [2.45, 2.75) is 30.7 Å². The van der Waals surface area contributed by atoms with Gasteiger partial charge in [0.15, 0.2) is 0 Å². The van der Waals surface area contributed by atoms with Crippen molar-refractivity contribution in [2.75, 3.05) is 45.7 Å². The van der Waals surface area contributed by atoms with Crippen molar-refractivity contribution in [1.29, 1.82) is 0 Å². The van der Waals surface area contributed by atoms with Gasteiger partial charge in [0.05, 0.1) is 12.0 Å². The first-order valence-electron chi connectivity index (χ1n) is 9.97. The van der Waals surface area contributed by atoms with Crippen molar-refractivity contribution in [1.82, 2.24) is 9.62 Å². The number of methoxy groups -OCH3 is 1. The molecule has 0 spiro atoms. The minimum Gasteiger partial charge on any atom is -0.496 e. The van der Waals surface area contributed by atoms with Crippen molar-refractivity contribution >= 4 is 15.7 Å². The first-order valence-corrected chi connectivity index (χ1v) is 11.5. The van der Waals surface area contributed by atoms with Crippen molar-refractivity contribution in [3.05, 3.63) is 53.6 Å². The van der Waals surface area contributed by atoms with E-state index in [1.165, 1.54) is 0 Å². The van der Waals surface area contributed by atoms with Crippen molar-refractivity contribution in [3.63, 3.8) is 0 Å². The van der Waals surface area contributed by atoms with E-state index in [0.29, 0.717) is 12.3 Å². The second-order valence-corrected chi connectivity index (χ2v) is 9.50. The molecule has 158 valence electrons. The molecular weight excluding hydrogens is 386 g/mol. The molecule has 1 aliphatic rings. The third kappa shape index (κ3) is 5.10. The molecule has 2 aromatic carbocycles. The molecule has 0 aromatic heterocycles. The molecule has 0 saturated carbocycles. The van der Waals surface area contributed by atoms with Gasteiger partial charge in [-0.2, -0.15) is 0 Å². The number of nitrogens with zero attached hydrogens (tertiary/aromatic N) is 2. The molecule has 1 atom stereocenters. The molecule has 3 rings (SSSR count). The van der Waals surface area contributed by atoms with E-state index in [-0.39, 0.29) is 10.9 Å². The zero-order valence-corrected chi connectivity index (χ0v) is 18.5. The molecule has 0 unspecified atom stereocenters. The molecule has 2 aromatic rings. The van der Waals surface area contributed by atoms with Gasteiger partial charge in [-0.25, -0.2) is 13.1 Å². The molecule has 0 amide bonds. The number of benzene rings is 2. The second kappa shape index (κ2) is 9.15.